The van der Waals surface area contributed by atoms with Crippen LogP contribution in [0.15, 0.2) is 28.6 Å². The number of nitrogens with zero attached hydrogens (tertiary/aromatic N) is 2. The first kappa shape index (κ1) is 20.6. The van der Waals surface area contributed by atoms with Crippen LogP contribution in [0.5, 0.6) is 0 Å². The van der Waals surface area contributed by atoms with Crippen LogP contribution in [0.25, 0.3) is 10.2 Å². The van der Waals surface area contributed by atoms with Crippen molar-refractivity contribution in [3.8, 4) is 0 Å². The third-order valence-electron chi connectivity index (χ3n) is 4.84. The van der Waals surface area contributed by atoms with Gasteiger partial charge in [0, 0.05) is 37.8 Å². The zero-order valence-corrected chi connectivity index (χ0v) is 17.8. The number of hydrogen-bond acceptors (Lipinski definition) is 6. The quantitative estimate of drug-likeness (QED) is 0.508. The number of morpholine rings is 1. The van der Waals surface area contributed by atoms with Crippen LogP contribution in [-0.4, -0.2) is 60.4 Å². The van der Waals surface area contributed by atoms with Gasteiger partial charge in [0.2, 0.25) is 5.91 Å². The highest BCUT2D eigenvalue weighted by Gasteiger charge is 2.24. The molecule has 0 aliphatic carbocycles. The maximum absolute atomic E-state index is 12.2. The van der Waals surface area contributed by atoms with Crippen molar-refractivity contribution in [3.63, 3.8) is 0 Å². The van der Waals surface area contributed by atoms with E-state index in [1.54, 1.807) is 23.1 Å². The molecule has 3 rings (SSSR count). The van der Waals surface area contributed by atoms with E-state index in [0.717, 1.165) is 54.9 Å². The second kappa shape index (κ2) is 10.4. The summed E-state index contributed by atoms with van der Waals surface area (Å²) in [4.78, 5) is 19.3. The predicted octanol–water partition coefficient (Wildman–Crippen LogP) is 3.64. The van der Waals surface area contributed by atoms with Crippen molar-refractivity contribution in [2.45, 2.75) is 37.1 Å². The fourth-order valence-corrected chi connectivity index (χ4v) is 5.39. The maximum atomic E-state index is 12.2. The summed E-state index contributed by atoms with van der Waals surface area (Å²) in [6, 6.07) is 8.59. The largest absolute Gasteiger partial charge is 0.379 e. The third kappa shape index (κ3) is 6.17. The number of benzene rings is 1. The molecule has 1 fully saturated rings. The van der Waals surface area contributed by atoms with Crippen LogP contribution in [0, 0.1) is 5.92 Å². The maximum Gasteiger partial charge on any atom is 0.220 e. The van der Waals surface area contributed by atoms with Gasteiger partial charge in [0.1, 0.15) is 0 Å². The summed E-state index contributed by atoms with van der Waals surface area (Å²) in [5.41, 5.74) is 1.06. The highest BCUT2D eigenvalue weighted by molar-refractivity contribution is 8.01. The molecule has 0 radical (unpaired) electrons. The van der Waals surface area contributed by atoms with Crippen molar-refractivity contribution in [3.05, 3.63) is 24.3 Å². The fourth-order valence-electron chi connectivity index (χ4n) is 3.31. The first-order valence-corrected chi connectivity index (χ1v) is 11.5. The molecule has 148 valence electrons. The Hall–Kier alpha value is -1.15. The molecule has 1 aliphatic rings. The first-order chi connectivity index (χ1) is 13.1. The van der Waals surface area contributed by atoms with E-state index >= 15 is 0 Å². The average molecular weight is 408 g/mol. The number of hydrogen-bond donors (Lipinski definition) is 1. The number of aromatic nitrogens is 1. The second-order valence-corrected chi connectivity index (χ2v) is 9.54. The van der Waals surface area contributed by atoms with Gasteiger partial charge in [-0.2, -0.15) is 0 Å². The van der Waals surface area contributed by atoms with Gasteiger partial charge in [-0.05, 0) is 24.5 Å². The van der Waals surface area contributed by atoms with Crippen LogP contribution in [0.2, 0.25) is 0 Å². The summed E-state index contributed by atoms with van der Waals surface area (Å²) >= 11 is 3.47. The molecule has 1 atom stereocenters. The van der Waals surface area contributed by atoms with Gasteiger partial charge in [-0.25, -0.2) is 4.98 Å². The Morgan fingerprint density at radius 2 is 2.11 bits per heavy atom. The molecule has 1 aromatic carbocycles. The van der Waals surface area contributed by atoms with Crippen LogP contribution >= 0.6 is 23.1 Å². The summed E-state index contributed by atoms with van der Waals surface area (Å²) in [5, 5.41) is 3.14. The Labute approximate surface area is 169 Å². The number of thiazole rings is 1. The molecule has 7 heteroatoms. The Balaban J connectivity index is 1.36. The van der Waals surface area contributed by atoms with E-state index in [1.807, 2.05) is 18.2 Å². The van der Waals surface area contributed by atoms with Crippen molar-refractivity contribution in [1.82, 2.24) is 15.2 Å². The van der Waals surface area contributed by atoms with E-state index in [2.05, 4.69) is 35.1 Å². The van der Waals surface area contributed by atoms with Gasteiger partial charge in [-0.15, -0.1) is 11.3 Å². The fraction of sp³-hybridized carbons (Fsp3) is 0.600. The normalized spacial score (nSPS) is 16.7. The Kier molecular flexibility index (Phi) is 7.93. The Morgan fingerprint density at radius 1 is 1.33 bits per heavy atom. The van der Waals surface area contributed by atoms with Crippen molar-refractivity contribution in [1.29, 1.82) is 0 Å². The minimum Gasteiger partial charge on any atom is -0.379 e. The molecule has 1 amide bonds. The van der Waals surface area contributed by atoms with Gasteiger partial charge in [-0.1, -0.05) is 37.7 Å². The smallest absolute Gasteiger partial charge is 0.220 e. The molecule has 1 aliphatic heterocycles. The van der Waals surface area contributed by atoms with Crippen LogP contribution in [-0.2, 0) is 9.53 Å². The van der Waals surface area contributed by atoms with Crippen LogP contribution < -0.4 is 5.32 Å². The number of rotatable bonds is 9. The number of para-hydroxylation sites is 1. The van der Waals surface area contributed by atoms with Crippen LogP contribution in [0.3, 0.4) is 0 Å². The van der Waals surface area contributed by atoms with Crippen molar-refractivity contribution < 1.29 is 9.53 Å². The zero-order chi connectivity index (χ0) is 19.1. The van der Waals surface area contributed by atoms with Gasteiger partial charge >= 0.3 is 0 Å². The van der Waals surface area contributed by atoms with Crippen molar-refractivity contribution in [2.75, 3.05) is 38.6 Å². The molecule has 1 N–H and O–H groups in total. The molecule has 27 heavy (non-hydrogen) atoms. The second-order valence-electron chi connectivity index (χ2n) is 7.16. The van der Waals surface area contributed by atoms with Crippen molar-refractivity contribution in [2.24, 2.45) is 5.92 Å². The van der Waals surface area contributed by atoms with Crippen LogP contribution in [0.4, 0.5) is 0 Å². The number of ether oxygens (including phenoxy) is 1. The summed E-state index contributed by atoms with van der Waals surface area (Å²) in [6.07, 6.45) is 1.45. The lowest BCUT2D eigenvalue weighted by atomic mass is 10.0. The molecule has 5 nitrogen and oxygen atoms in total. The molecule has 0 unspecified atom stereocenters. The molecule has 0 bridgehead atoms. The minimum atomic E-state index is 0.152. The summed E-state index contributed by atoms with van der Waals surface area (Å²) in [6.45, 7) is 8.67. The van der Waals surface area contributed by atoms with Gasteiger partial charge in [0.05, 0.1) is 23.4 Å². The number of amides is 1. The zero-order valence-electron chi connectivity index (χ0n) is 16.1. The number of carbonyl (C=O) groups is 1. The highest BCUT2D eigenvalue weighted by Crippen LogP contribution is 2.29. The van der Waals surface area contributed by atoms with Crippen LogP contribution in [0.1, 0.15) is 26.7 Å². The van der Waals surface area contributed by atoms with E-state index < -0.39 is 0 Å². The molecular weight excluding hydrogens is 378 g/mol. The predicted molar refractivity (Wildman–Crippen MR) is 114 cm³/mol. The standard InChI is InChI=1S/C20H29N3O2S2/c1-15(2)17(23-9-11-25-12-10-23)14-21-19(24)8-5-13-26-20-22-16-6-3-4-7-18(16)27-20/h3-4,6-7,15,17H,5,8-14H2,1-2H3,(H,21,24)/t17-/m1/s1. The van der Waals surface area contributed by atoms with E-state index in [9.17, 15) is 4.79 Å². The lowest BCUT2D eigenvalue weighted by Gasteiger charge is -2.36. The molecule has 1 aromatic heterocycles. The first-order valence-electron chi connectivity index (χ1n) is 9.70. The van der Waals surface area contributed by atoms with Gasteiger partial charge in [-0.3, -0.25) is 9.69 Å². The molecule has 0 saturated carbocycles. The number of thioether (sulfide) groups is 1. The Morgan fingerprint density at radius 3 is 2.85 bits per heavy atom. The monoisotopic (exact) mass is 407 g/mol. The van der Waals surface area contributed by atoms with Gasteiger partial charge < -0.3 is 10.1 Å². The Bertz CT molecular complexity index is 696. The average Bonchev–Trinajstić information content (AvgIpc) is 3.09. The summed E-state index contributed by atoms with van der Waals surface area (Å²) in [7, 11) is 0. The minimum absolute atomic E-state index is 0.152. The highest BCUT2D eigenvalue weighted by atomic mass is 32.2. The number of carbonyl (C=O) groups excluding carboxylic acids is 1. The van der Waals surface area contributed by atoms with Crippen molar-refractivity contribution >= 4 is 39.2 Å². The molecule has 2 aromatic rings. The van der Waals surface area contributed by atoms with E-state index in [0.29, 0.717) is 18.4 Å². The molecule has 1 saturated heterocycles. The topological polar surface area (TPSA) is 54.5 Å². The number of fused-ring (bicyclic) bond motifs is 1. The summed E-state index contributed by atoms with van der Waals surface area (Å²) in [5.74, 6) is 1.58. The van der Waals surface area contributed by atoms with E-state index in [4.69, 9.17) is 4.74 Å². The van der Waals surface area contributed by atoms with E-state index in [-0.39, 0.29) is 5.91 Å². The number of nitrogens with one attached hydrogen (secondary N) is 1. The SMILES string of the molecule is CC(C)[C@@H](CNC(=O)CCCSc1nc2ccccc2s1)N1CCOCC1. The van der Waals surface area contributed by atoms with Gasteiger partial charge in [0.15, 0.2) is 4.34 Å². The third-order valence-corrected chi connectivity index (χ3v) is 7.11. The molecular formula is C20H29N3O2S2. The summed E-state index contributed by atoms with van der Waals surface area (Å²) < 4.78 is 7.75. The van der Waals surface area contributed by atoms with E-state index in [1.165, 1.54) is 4.70 Å². The lowest BCUT2D eigenvalue weighted by molar-refractivity contribution is -0.121. The molecule has 2 heterocycles. The van der Waals surface area contributed by atoms with Gasteiger partial charge in [0.25, 0.3) is 0 Å². The lowest BCUT2D eigenvalue weighted by Crippen LogP contribution is -2.51. The molecule has 0 spiro atoms.